The van der Waals surface area contributed by atoms with Crippen molar-refractivity contribution in [3.63, 3.8) is 0 Å². The van der Waals surface area contributed by atoms with E-state index in [0.29, 0.717) is 19.6 Å². The number of para-hydroxylation sites is 1. The second-order valence-electron chi connectivity index (χ2n) is 4.25. The molecule has 0 N–H and O–H groups in total. The molecule has 3 nitrogen and oxygen atoms in total. The molecule has 0 amide bonds. The number of halogens is 3. The minimum absolute atomic E-state index is 0.169. The zero-order chi connectivity index (χ0) is 15.1. The summed E-state index contributed by atoms with van der Waals surface area (Å²) in [4.78, 5) is 3.62. The molecule has 0 unspecified atom stereocenters. The molecule has 2 aromatic rings. The molecule has 0 radical (unpaired) electrons. The molecule has 1 heterocycles. The summed E-state index contributed by atoms with van der Waals surface area (Å²) >= 11 is 0. The summed E-state index contributed by atoms with van der Waals surface area (Å²) in [5, 5.41) is 0. The minimum Gasteiger partial charge on any atom is -0.493 e. The molecule has 21 heavy (non-hydrogen) atoms. The maximum atomic E-state index is 12.3. The number of rotatable bonds is 6. The fourth-order valence-electron chi connectivity index (χ4n) is 1.58. The van der Waals surface area contributed by atoms with Crippen molar-refractivity contribution in [1.29, 1.82) is 0 Å². The van der Waals surface area contributed by atoms with Crippen molar-refractivity contribution in [3.8, 4) is 11.6 Å². The zero-order valence-corrected chi connectivity index (χ0v) is 11.1. The van der Waals surface area contributed by atoms with Gasteiger partial charge >= 0.3 is 6.18 Å². The van der Waals surface area contributed by atoms with Crippen LogP contribution in [0.25, 0.3) is 0 Å². The van der Waals surface area contributed by atoms with E-state index in [4.69, 9.17) is 9.47 Å². The Hall–Kier alpha value is -2.24. The monoisotopic (exact) mass is 297 g/mol. The van der Waals surface area contributed by atoms with Crippen LogP contribution in [-0.2, 0) is 6.18 Å². The van der Waals surface area contributed by atoms with Gasteiger partial charge in [-0.3, -0.25) is 0 Å². The van der Waals surface area contributed by atoms with Gasteiger partial charge in [0.2, 0.25) is 5.88 Å². The molecule has 0 saturated carbocycles. The number of aromatic nitrogens is 1. The molecule has 0 aliphatic rings. The highest BCUT2D eigenvalue weighted by molar-refractivity contribution is 5.21. The summed E-state index contributed by atoms with van der Waals surface area (Å²) in [6.07, 6.45) is -3.01. The van der Waals surface area contributed by atoms with Crippen LogP contribution < -0.4 is 9.47 Å². The van der Waals surface area contributed by atoms with Crippen LogP contribution in [0.5, 0.6) is 11.6 Å². The van der Waals surface area contributed by atoms with Crippen LogP contribution in [0.4, 0.5) is 13.2 Å². The van der Waals surface area contributed by atoms with Crippen molar-refractivity contribution in [3.05, 3.63) is 54.2 Å². The molecule has 6 heteroatoms. The molecule has 112 valence electrons. The second-order valence-corrected chi connectivity index (χ2v) is 4.25. The molecular formula is C15H14F3NO2. The molecule has 0 saturated heterocycles. The van der Waals surface area contributed by atoms with E-state index in [1.807, 2.05) is 30.3 Å². The molecule has 0 bridgehead atoms. The summed E-state index contributed by atoms with van der Waals surface area (Å²) in [6.45, 7) is 0.788. The molecule has 0 aliphatic carbocycles. The van der Waals surface area contributed by atoms with Gasteiger partial charge in [-0.1, -0.05) is 18.2 Å². The number of pyridine rings is 1. The summed E-state index contributed by atoms with van der Waals surface area (Å²) in [5.41, 5.74) is -0.790. The second kappa shape index (κ2) is 6.97. The van der Waals surface area contributed by atoms with Gasteiger partial charge in [-0.2, -0.15) is 13.2 Å². The normalized spacial score (nSPS) is 11.2. The average Bonchev–Trinajstić information content (AvgIpc) is 2.47. The Morgan fingerprint density at radius 3 is 2.24 bits per heavy atom. The van der Waals surface area contributed by atoms with Crippen molar-refractivity contribution in [2.75, 3.05) is 13.2 Å². The van der Waals surface area contributed by atoms with Gasteiger partial charge in [-0.15, -0.1) is 0 Å². The van der Waals surface area contributed by atoms with Crippen molar-refractivity contribution in [2.45, 2.75) is 12.6 Å². The Morgan fingerprint density at radius 2 is 1.62 bits per heavy atom. The van der Waals surface area contributed by atoms with E-state index >= 15 is 0 Å². The third-order valence-electron chi connectivity index (χ3n) is 2.61. The first kappa shape index (κ1) is 15.2. The zero-order valence-electron chi connectivity index (χ0n) is 11.1. The predicted molar refractivity (Wildman–Crippen MR) is 71.3 cm³/mol. The van der Waals surface area contributed by atoms with E-state index in [9.17, 15) is 13.2 Å². The topological polar surface area (TPSA) is 31.4 Å². The number of hydrogen-bond donors (Lipinski definition) is 0. The van der Waals surface area contributed by atoms with Crippen LogP contribution in [0, 0.1) is 0 Å². The average molecular weight is 297 g/mol. The lowest BCUT2D eigenvalue weighted by atomic mass is 10.3. The molecule has 0 atom stereocenters. The van der Waals surface area contributed by atoms with Crippen LogP contribution in [-0.4, -0.2) is 18.2 Å². The summed E-state index contributed by atoms with van der Waals surface area (Å²) in [7, 11) is 0. The fraction of sp³-hybridized carbons (Fsp3) is 0.267. The third-order valence-corrected chi connectivity index (χ3v) is 2.61. The van der Waals surface area contributed by atoms with Crippen LogP contribution in [0.2, 0.25) is 0 Å². The predicted octanol–water partition coefficient (Wildman–Crippen LogP) is 3.95. The van der Waals surface area contributed by atoms with Crippen LogP contribution in [0.1, 0.15) is 12.0 Å². The first-order chi connectivity index (χ1) is 10.1. The maximum absolute atomic E-state index is 12.3. The number of nitrogens with zero attached hydrogens (tertiary/aromatic N) is 1. The maximum Gasteiger partial charge on any atom is 0.417 e. The van der Waals surface area contributed by atoms with Crippen LogP contribution in [0.3, 0.4) is 0 Å². The van der Waals surface area contributed by atoms with E-state index in [1.165, 1.54) is 6.07 Å². The molecule has 2 rings (SSSR count). The standard InChI is InChI=1S/C15H14F3NO2/c16-15(17,18)12-7-8-14(19-11-12)21-10-4-9-20-13-5-2-1-3-6-13/h1-3,5-8,11H,4,9-10H2. The Kier molecular flexibility index (Phi) is 5.03. The molecular weight excluding hydrogens is 283 g/mol. The lowest BCUT2D eigenvalue weighted by Gasteiger charge is -2.09. The van der Waals surface area contributed by atoms with Gasteiger partial charge in [0, 0.05) is 18.7 Å². The molecule has 1 aromatic carbocycles. The van der Waals surface area contributed by atoms with Gasteiger partial charge in [-0.05, 0) is 18.2 Å². The highest BCUT2D eigenvalue weighted by atomic mass is 19.4. The van der Waals surface area contributed by atoms with E-state index in [1.54, 1.807) is 0 Å². The molecule has 0 spiro atoms. The smallest absolute Gasteiger partial charge is 0.417 e. The minimum atomic E-state index is -4.38. The Balaban J connectivity index is 1.69. The number of benzene rings is 1. The number of hydrogen-bond acceptors (Lipinski definition) is 3. The van der Waals surface area contributed by atoms with Gasteiger partial charge < -0.3 is 9.47 Å². The lowest BCUT2D eigenvalue weighted by molar-refractivity contribution is -0.137. The van der Waals surface area contributed by atoms with Gasteiger partial charge in [0.1, 0.15) is 5.75 Å². The Labute approximate surface area is 120 Å². The van der Waals surface area contributed by atoms with Crippen LogP contribution in [0.15, 0.2) is 48.7 Å². The summed E-state index contributed by atoms with van der Waals surface area (Å²) in [6, 6.07) is 11.5. The van der Waals surface area contributed by atoms with Crippen molar-refractivity contribution < 1.29 is 22.6 Å². The van der Waals surface area contributed by atoms with Crippen molar-refractivity contribution >= 4 is 0 Å². The van der Waals surface area contributed by atoms with Gasteiger partial charge in [0.15, 0.2) is 0 Å². The number of ether oxygens (including phenoxy) is 2. The van der Waals surface area contributed by atoms with E-state index in [2.05, 4.69) is 4.98 Å². The third kappa shape index (κ3) is 4.98. The lowest BCUT2D eigenvalue weighted by Crippen LogP contribution is -2.08. The van der Waals surface area contributed by atoms with E-state index in [-0.39, 0.29) is 5.88 Å². The largest absolute Gasteiger partial charge is 0.493 e. The molecule has 0 aliphatic heterocycles. The summed E-state index contributed by atoms with van der Waals surface area (Å²) < 4.78 is 47.7. The van der Waals surface area contributed by atoms with E-state index in [0.717, 1.165) is 18.0 Å². The Morgan fingerprint density at radius 1 is 0.905 bits per heavy atom. The molecule has 1 aromatic heterocycles. The SMILES string of the molecule is FC(F)(F)c1ccc(OCCCOc2ccccc2)nc1. The first-order valence-electron chi connectivity index (χ1n) is 6.39. The van der Waals surface area contributed by atoms with Crippen molar-refractivity contribution in [1.82, 2.24) is 4.98 Å². The van der Waals surface area contributed by atoms with Gasteiger partial charge in [0.05, 0.1) is 18.8 Å². The fourth-order valence-corrected chi connectivity index (χ4v) is 1.58. The highest BCUT2D eigenvalue weighted by Gasteiger charge is 2.30. The summed E-state index contributed by atoms with van der Waals surface area (Å²) in [5.74, 6) is 0.938. The highest BCUT2D eigenvalue weighted by Crippen LogP contribution is 2.29. The number of alkyl halides is 3. The Bertz CT molecular complexity index is 541. The van der Waals surface area contributed by atoms with Crippen molar-refractivity contribution in [2.24, 2.45) is 0 Å². The van der Waals surface area contributed by atoms with E-state index < -0.39 is 11.7 Å². The van der Waals surface area contributed by atoms with Gasteiger partial charge in [0.25, 0.3) is 0 Å². The quantitative estimate of drug-likeness (QED) is 0.757. The molecule has 0 fully saturated rings. The van der Waals surface area contributed by atoms with Crippen LogP contribution >= 0.6 is 0 Å². The first-order valence-corrected chi connectivity index (χ1v) is 6.39. The van der Waals surface area contributed by atoms with Gasteiger partial charge in [-0.25, -0.2) is 4.98 Å².